The largest absolute Gasteiger partial charge is 0.399 e. The van der Waals surface area contributed by atoms with Gasteiger partial charge in [-0.05, 0) is 24.3 Å². The summed E-state index contributed by atoms with van der Waals surface area (Å²) in [5.41, 5.74) is 6.75. The van der Waals surface area contributed by atoms with Gasteiger partial charge in [-0.2, -0.15) is 0 Å². The van der Waals surface area contributed by atoms with Gasteiger partial charge in [0.2, 0.25) is 0 Å². The van der Waals surface area contributed by atoms with E-state index in [1.54, 1.807) is 24.3 Å². The van der Waals surface area contributed by atoms with Crippen LogP contribution in [0.1, 0.15) is 5.56 Å². The molecule has 0 spiro atoms. The van der Waals surface area contributed by atoms with Crippen LogP contribution in [0.2, 0.25) is 0 Å². The van der Waals surface area contributed by atoms with Crippen molar-refractivity contribution in [2.24, 2.45) is 0 Å². The number of halogens is 3. The Morgan fingerprint density at radius 2 is 1.25 bits per heavy atom. The third-order valence-electron chi connectivity index (χ3n) is 3.15. The van der Waals surface area contributed by atoms with Gasteiger partial charge in [-0.15, -0.1) is 0 Å². The van der Waals surface area contributed by atoms with Crippen molar-refractivity contribution in [2.75, 3.05) is 11.1 Å². The lowest BCUT2D eigenvalue weighted by Gasteiger charge is -2.08. The van der Waals surface area contributed by atoms with Gasteiger partial charge in [-0.25, -0.2) is 13.2 Å². The van der Waals surface area contributed by atoms with Gasteiger partial charge < -0.3 is 11.1 Å². The van der Waals surface area contributed by atoms with E-state index < -0.39 is 17.5 Å². The molecule has 0 aromatic heterocycles. The highest BCUT2D eigenvalue weighted by Crippen LogP contribution is 2.16. The van der Waals surface area contributed by atoms with E-state index in [4.69, 9.17) is 5.73 Å². The van der Waals surface area contributed by atoms with Gasteiger partial charge in [0.05, 0.1) is 0 Å². The van der Waals surface area contributed by atoms with E-state index >= 15 is 0 Å². The summed E-state index contributed by atoms with van der Waals surface area (Å²) in [6.45, 7) is -0.0258. The van der Waals surface area contributed by atoms with E-state index in [2.05, 4.69) is 5.32 Å². The highest BCUT2D eigenvalue weighted by Gasteiger charge is 2.10. The number of benzene rings is 3. The molecular weight excluding hydrogens is 313 g/mol. The molecule has 0 unspecified atom stereocenters. The molecule has 5 heteroatoms. The van der Waals surface area contributed by atoms with Crippen molar-refractivity contribution in [1.82, 2.24) is 0 Å². The zero-order valence-electron chi connectivity index (χ0n) is 12.8. The van der Waals surface area contributed by atoms with E-state index in [-0.39, 0.29) is 12.1 Å². The molecule has 3 N–H and O–H groups in total. The van der Waals surface area contributed by atoms with Gasteiger partial charge in [-0.3, -0.25) is 0 Å². The third kappa shape index (κ3) is 5.35. The molecule has 3 rings (SSSR count). The van der Waals surface area contributed by atoms with Gasteiger partial charge in [0, 0.05) is 35.6 Å². The Bertz CT molecular complexity index is 739. The summed E-state index contributed by atoms with van der Waals surface area (Å²) in [6, 6.07) is 19.8. The van der Waals surface area contributed by atoms with Crippen LogP contribution in [0.5, 0.6) is 0 Å². The Morgan fingerprint density at radius 3 is 1.71 bits per heavy atom. The molecular formula is C19H17F3N2. The Kier molecular flexibility index (Phi) is 6.25. The van der Waals surface area contributed by atoms with E-state index in [1.165, 1.54) is 0 Å². The summed E-state index contributed by atoms with van der Waals surface area (Å²) in [6.07, 6.45) is 0. The molecule has 0 saturated heterocycles. The molecule has 2 nitrogen and oxygen atoms in total. The first-order chi connectivity index (χ1) is 11.6. The van der Waals surface area contributed by atoms with Crippen molar-refractivity contribution in [3.63, 3.8) is 0 Å². The highest BCUT2D eigenvalue weighted by atomic mass is 19.1. The minimum Gasteiger partial charge on any atom is -0.399 e. The smallest absolute Gasteiger partial charge is 0.134 e. The number of hydrogen-bond donors (Lipinski definition) is 2. The van der Waals surface area contributed by atoms with Gasteiger partial charge in [0.25, 0.3) is 0 Å². The number of nitrogen functional groups attached to an aromatic ring is 1. The lowest BCUT2D eigenvalue weighted by Crippen LogP contribution is -2.05. The van der Waals surface area contributed by atoms with E-state index in [0.717, 1.165) is 11.4 Å². The quantitative estimate of drug-likeness (QED) is 0.664. The molecule has 3 aromatic rings. The fourth-order valence-electron chi connectivity index (χ4n) is 1.94. The van der Waals surface area contributed by atoms with Crippen molar-refractivity contribution in [3.8, 4) is 0 Å². The molecule has 0 aliphatic rings. The molecule has 0 aliphatic carbocycles. The molecule has 0 bridgehead atoms. The Hall–Kier alpha value is -2.95. The molecule has 0 heterocycles. The first-order valence-electron chi connectivity index (χ1n) is 7.29. The Labute approximate surface area is 138 Å². The van der Waals surface area contributed by atoms with Crippen LogP contribution in [-0.4, -0.2) is 0 Å². The number of hydrogen-bond acceptors (Lipinski definition) is 2. The van der Waals surface area contributed by atoms with Crippen LogP contribution < -0.4 is 11.1 Å². The van der Waals surface area contributed by atoms with Crippen molar-refractivity contribution in [2.45, 2.75) is 6.54 Å². The van der Waals surface area contributed by atoms with Gasteiger partial charge in [-0.1, -0.05) is 36.4 Å². The summed E-state index contributed by atoms with van der Waals surface area (Å²) in [7, 11) is 0. The number of anilines is 2. The average Bonchev–Trinajstić information content (AvgIpc) is 2.56. The molecule has 0 amide bonds. The normalized spacial score (nSPS) is 9.79. The zero-order chi connectivity index (χ0) is 17.4. The standard InChI is InChI=1S/C13H10F3N.C6H7N/c14-9-6-12(15)11(13(16)7-9)8-17-10-4-2-1-3-5-10;7-6-4-2-1-3-5-6/h1-7,17H,8H2;1-5H,7H2. The summed E-state index contributed by atoms with van der Waals surface area (Å²) in [5.74, 6) is -2.68. The maximum Gasteiger partial charge on any atom is 0.134 e. The highest BCUT2D eigenvalue weighted by molar-refractivity contribution is 5.43. The van der Waals surface area contributed by atoms with E-state index in [9.17, 15) is 13.2 Å². The van der Waals surface area contributed by atoms with Crippen LogP contribution in [0.3, 0.4) is 0 Å². The van der Waals surface area contributed by atoms with Crippen molar-refractivity contribution in [3.05, 3.63) is 95.8 Å². The Morgan fingerprint density at radius 1 is 0.750 bits per heavy atom. The van der Waals surface area contributed by atoms with Gasteiger partial charge in [0.15, 0.2) is 0 Å². The van der Waals surface area contributed by atoms with E-state index in [1.807, 2.05) is 36.4 Å². The maximum absolute atomic E-state index is 13.3. The first-order valence-corrected chi connectivity index (χ1v) is 7.29. The molecule has 0 saturated carbocycles. The second-order valence-electron chi connectivity index (χ2n) is 4.98. The number of rotatable bonds is 3. The van der Waals surface area contributed by atoms with Crippen molar-refractivity contribution >= 4 is 11.4 Å². The van der Waals surface area contributed by atoms with Crippen LogP contribution >= 0.6 is 0 Å². The second-order valence-corrected chi connectivity index (χ2v) is 4.98. The first kappa shape index (κ1) is 17.4. The fourth-order valence-corrected chi connectivity index (χ4v) is 1.94. The summed E-state index contributed by atoms with van der Waals surface area (Å²) >= 11 is 0. The Balaban J connectivity index is 0.000000249. The lowest BCUT2D eigenvalue weighted by molar-refractivity contribution is 0.527. The average molecular weight is 330 g/mol. The predicted octanol–water partition coefficient (Wildman–Crippen LogP) is 4.98. The topological polar surface area (TPSA) is 38.0 Å². The van der Waals surface area contributed by atoms with Crippen LogP contribution in [-0.2, 0) is 6.54 Å². The van der Waals surface area contributed by atoms with Crippen LogP contribution in [0.15, 0.2) is 72.8 Å². The van der Waals surface area contributed by atoms with Gasteiger partial charge in [0.1, 0.15) is 17.5 Å². The van der Waals surface area contributed by atoms with Crippen LogP contribution in [0.25, 0.3) is 0 Å². The molecule has 124 valence electrons. The second kappa shape index (κ2) is 8.62. The SMILES string of the molecule is Fc1cc(F)c(CNc2ccccc2)c(F)c1.Nc1ccccc1. The lowest BCUT2D eigenvalue weighted by atomic mass is 10.2. The van der Waals surface area contributed by atoms with Crippen LogP contribution in [0.4, 0.5) is 24.5 Å². The minimum atomic E-state index is -0.913. The summed E-state index contributed by atoms with van der Waals surface area (Å²) in [4.78, 5) is 0. The third-order valence-corrected chi connectivity index (χ3v) is 3.15. The molecule has 0 atom stereocenters. The number of nitrogens with one attached hydrogen (secondary N) is 1. The minimum absolute atomic E-state index is 0.0258. The monoisotopic (exact) mass is 330 g/mol. The van der Waals surface area contributed by atoms with Gasteiger partial charge >= 0.3 is 0 Å². The molecule has 3 aromatic carbocycles. The maximum atomic E-state index is 13.3. The molecule has 0 radical (unpaired) electrons. The number of nitrogens with two attached hydrogens (primary N) is 1. The fraction of sp³-hybridized carbons (Fsp3) is 0.0526. The zero-order valence-corrected chi connectivity index (χ0v) is 12.8. The summed E-state index contributed by atoms with van der Waals surface area (Å²) < 4.78 is 39.3. The predicted molar refractivity (Wildman–Crippen MR) is 90.9 cm³/mol. The van der Waals surface area contributed by atoms with E-state index in [0.29, 0.717) is 12.1 Å². The van der Waals surface area contributed by atoms with Crippen molar-refractivity contribution in [1.29, 1.82) is 0 Å². The summed E-state index contributed by atoms with van der Waals surface area (Å²) in [5, 5.41) is 2.86. The number of para-hydroxylation sites is 2. The van der Waals surface area contributed by atoms with Crippen LogP contribution in [0, 0.1) is 17.5 Å². The molecule has 24 heavy (non-hydrogen) atoms. The molecule has 0 fully saturated rings. The van der Waals surface area contributed by atoms with Crippen molar-refractivity contribution < 1.29 is 13.2 Å². The molecule has 0 aliphatic heterocycles.